The van der Waals surface area contributed by atoms with Crippen molar-refractivity contribution < 1.29 is 13.9 Å². The number of carbonyl (C=O) groups excluding carboxylic acids is 1. The van der Waals surface area contributed by atoms with Gasteiger partial charge in [-0.15, -0.1) is 22.1 Å². The normalized spacial score (nSPS) is 19.8. The molecule has 0 unspecified atom stereocenters. The van der Waals surface area contributed by atoms with Crippen LogP contribution in [0.3, 0.4) is 0 Å². The average Bonchev–Trinajstić information content (AvgIpc) is 2.88. The highest BCUT2D eigenvalue weighted by molar-refractivity contribution is 8.25. The fourth-order valence-electron chi connectivity index (χ4n) is 2.36. The second-order valence-electron chi connectivity index (χ2n) is 4.43. The van der Waals surface area contributed by atoms with E-state index in [1.807, 2.05) is 24.3 Å². The summed E-state index contributed by atoms with van der Waals surface area (Å²) in [5.41, 5.74) is 6.00. The van der Waals surface area contributed by atoms with Gasteiger partial charge in [-0.3, -0.25) is 18.2 Å². The van der Waals surface area contributed by atoms with Crippen LogP contribution in [0.2, 0.25) is 0 Å². The van der Waals surface area contributed by atoms with Crippen LogP contribution in [0.4, 0.5) is 5.69 Å². The van der Waals surface area contributed by atoms with Crippen molar-refractivity contribution in [3.05, 3.63) is 29.1 Å². The molecule has 3 rings (SSSR count). The number of nitrogens with two attached hydrogens (primary N) is 1. The maximum absolute atomic E-state index is 11.6. The average molecular weight is 298 g/mol. The Morgan fingerprint density at radius 3 is 2.74 bits per heavy atom. The zero-order chi connectivity index (χ0) is 13.6. The number of fused-ring (bicyclic) bond motifs is 1. The van der Waals surface area contributed by atoms with Crippen LogP contribution < -0.4 is 10.0 Å². The molecule has 0 atom stereocenters. The van der Waals surface area contributed by atoms with Crippen molar-refractivity contribution in [1.29, 1.82) is 0 Å². The second kappa shape index (κ2) is 4.38. The molecule has 1 aliphatic rings. The smallest absolute Gasteiger partial charge is 0.261 e. The van der Waals surface area contributed by atoms with E-state index in [1.165, 1.54) is 11.3 Å². The molecule has 7 heteroatoms. The summed E-state index contributed by atoms with van der Waals surface area (Å²) in [7, 11) is -2.83. The maximum atomic E-state index is 11.6. The van der Waals surface area contributed by atoms with E-state index in [2.05, 4.69) is 0 Å². The number of anilines is 1. The quantitative estimate of drug-likeness (QED) is 0.795. The van der Waals surface area contributed by atoms with Gasteiger partial charge in [0.15, 0.2) is 0 Å². The predicted octanol–water partition coefficient (Wildman–Crippen LogP) is 2.88. The van der Waals surface area contributed by atoms with Gasteiger partial charge in [0.25, 0.3) is 5.91 Å². The van der Waals surface area contributed by atoms with Crippen LogP contribution in [0.25, 0.3) is 10.1 Å². The standard InChI is InChI=1S/C12H14N2O3S2/c13-12(15)11-10(14-6-3-7-19(14,16)17)8-4-1-2-5-9(8)18-11/h1-2,4-5,16-17H,3,6-7H2,(H2,13,15). The van der Waals surface area contributed by atoms with E-state index >= 15 is 0 Å². The summed E-state index contributed by atoms with van der Waals surface area (Å²) in [5.74, 6) is -0.187. The van der Waals surface area contributed by atoms with Crippen LogP contribution in [0, 0.1) is 0 Å². The zero-order valence-corrected chi connectivity index (χ0v) is 11.7. The largest absolute Gasteiger partial charge is 0.365 e. The molecule has 0 spiro atoms. The minimum Gasteiger partial charge on any atom is -0.365 e. The second-order valence-corrected chi connectivity index (χ2v) is 7.60. The van der Waals surface area contributed by atoms with Crippen LogP contribution >= 0.6 is 22.1 Å². The predicted molar refractivity (Wildman–Crippen MR) is 80.0 cm³/mol. The third kappa shape index (κ3) is 1.99. The Morgan fingerprint density at radius 2 is 2.11 bits per heavy atom. The van der Waals surface area contributed by atoms with E-state index in [9.17, 15) is 13.9 Å². The lowest BCUT2D eigenvalue weighted by Crippen LogP contribution is -2.24. The molecule has 102 valence electrons. The van der Waals surface area contributed by atoms with Crippen molar-refractivity contribution in [2.24, 2.45) is 5.73 Å². The number of carbonyl (C=O) groups is 1. The summed E-state index contributed by atoms with van der Waals surface area (Å²) in [6.07, 6.45) is 0.699. The number of amides is 1. The van der Waals surface area contributed by atoms with Crippen molar-refractivity contribution in [3.63, 3.8) is 0 Å². The lowest BCUT2D eigenvalue weighted by atomic mass is 10.2. The highest BCUT2D eigenvalue weighted by Gasteiger charge is 2.33. The minimum absolute atomic E-state index is 0.343. The van der Waals surface area contributed by atoms with Gasteiger partial charge in [0.2, 0.25) is 0 Å². The minimum atomic E-state index is -2.83. The van der Waals surface area contributed by atoms with E-state index in [1.54, 1.807) is 4.31 Å². The fourth-order valence-corrected chi connectivity index (χ4v) is 5.12. The van der Waals surface area contributed by atoms with Crippen LogP contribution in [-0.4, -0.2) is 27.3 Å². The molecular weight excluding hydrogens is 284 g/mol. The maximum Gasteiger partial charge on any atom is 0.261 e. The summed E-state index contributed by atoms with van der Waals surface area (Å²) in [6, 6.07) is 7.53. The van der Waals surface area contributed by atoms with Crippen molar-refractivity contribution >= 4 is 43.8 Å². The Bertz CT molecular complexity index is 653. The summed E-state index contributed by atoms with van der Waals surface area (Å²) < 4.78 is 22.7. The molecule has 4 N–H and O–H groups in total. The van der Waals surface area contributed by atoms with Crippen molar-refractivity contribution in [1.82, 2.24) is 0 Å². The molecule has 1 fully saturated rings. The molecule has 0 bridgehead atoms. The molecule has 2 aromatic rings. The van der Waals surface area contributed by atoms with Crippen molar-refractivity contribution in [3.8, 4) is 0 Å². The Labute approximate surface area is 116 Å². The molecule has 19 heavy (non-hydrogen) atoms. The summed E-state index contributed by atoms with van der Waals surface area (Å²) in [5, 5.41) is 0.850. The molecule has 1 aromatic carbocycles. The first kappa shape index (κ1) is 12.7. The first-order chi connectivity index (χ1) is 9.00. The lowest BCUT2D eigenvalue weighted by molar-refractivity contribution is 0.100. The Hall–Kier alpha value is -1.28. The van der Waals surface area contributed by atoms with E-state index < -0.39 is 16.7 Å². The fraction of sp³-hybridized carbons (Fsp3) is 0.250. The first-order valence-corrected chi connectivity index (χ1v) is 8.34. The molecule has 1 amide bonds. The van der Waals surface area contributed by atoms with Gasteiger partial charge < -0.3 is 5.73 Å². The first-order valence-electron chi connectivity index (χ1n) is 5.85. The molecular formula is C12H14N2O3S2. The SMILES string of the molecule is NC(=O)c1sc2ccccc2c1N1CCCS1(O)O. The summed E-state index contributed by atoms with van der Waals surface area (Å²) in [6.45, 7) is 0.531. The van der Waals surface area contributed by atoms with Crippen molar-refractivity contribution in [2.45, 2.75) is 6.42 Å². The number of primary amides is 1. The van der Waals surface area contributed by atoms with E-state index in [-0.39, 0.29) is 0 Å². The van der Waals surface area contributed by atoms with Crippen LogP contribution in [0.1, 0.15) is 16.1 Å². The van der Waals surface area contributed by atoms with Crippen LogP contribution in [-0.2, 0) is 0 Å². The van der Waals surface area contributed by atoms with Gasteiger partial charge in [0, 0.05) is 16.6 Å². The molecule has 2 heterocycles. The molecule has 1 aliphatic heterocycles. The molecule has 5 nitrogen and oxygen atoms in total. The van der Waals surface area contributed by atoms with Gasteiger partial charge in [0.1, 0.15) is 4.88 Å². The number of thiophene rings is 1. The monoisotopic (exact) mass is 298 g/mol. The third-order valence-corrected chi connectivity index (χ3v) is 6.26. The molecule has 1 aromatic heterocycles. The summed E-state index contributed by atoms with van der Waals surface area (Å²) >= 11 is 1.29. The van der Waals surface area contributed by atoms with Gasteiger partial charge in [-0.1, -0.05) is 18.2 Å². The Morgan fingerprint density at radius 1 is 1.37 bits per heavy atom. The topological polar surface area (TPSA) is 86.8 Å². The van der Waals surface area contributed by atoms with Gasteiger partial charge in [0.05, 0.1) is 11.4 Å². The van der Waals surface area contributed by atoms with Gasteiger partial charge in [-0.2, -0.15) is 0 Å². The molecule has 0 radical (unpaired) electrons. The van der Waals surface area contributed by atoms with Crippen LogP contribution in [0.5, 0.6) is 0 Å². The number of benzene rings is 1. The number of hydrogen-bond acceptors (Lipinski definition) is 5. The van der Waals surface area contributed by atoms with Crippen LogP contribution in [0.15, 0.2) is 24.3 Å². The molecule has 0 saturated carbocycles. The number of hydrogen-bond donors (Lipinski definition) is 3. The van der Waals surface area contributed by atoms with Gasteiger partial charge in [-0.25, -0.2) is 0 Å². The number of rotatable bonds is 2. The Kier molecular flexibility index (Phi) is 2.94. The highest BCUT2D eigenvalue weighted by atomic mass is 32.3. The van der Waals surface area contributed by atoms with Gasteiger partial charge in [-0.05, 0) is 12.5 Å². The molecule has 1 saturated heterocycles. The van der Waals surface area contributed by atoms with Crippen molar-refractivity contribution in [2.75, 3.05) is 16.6 Å². The Balaban J connectivity index is 2.26. The van der Waals surface area contributed by atoms with E-state index in [4.69, 9.17) is 5.73 Å². The zero-order valence-electron chi connectivity index (χ0n) is 10.1. The third-order valence-electron chi connectivity index (χ3n) is 3.17. The van der Waals surface area contributed by atoms with E-state index in [0.717, 1.165) is 10.1 Å². The van der Waals surface area contributed by atoms with Gasteiger partial charge >= 0.3 is 0 Å². The van der Waals surface area contributed by atoms with E-state index in [0.29, 0.717) is 29.3 Å². The molecule has 0 aliphatic carbocycles. The number of nitrogens with zero attached hydrogens (tertiary/aromatic N) is 1. The summed E-state index contributed by atoms with van der Waals surface area (Å²) in [4.78, 5) is 12.0. The highest BCUT2D eigenvalue weighted by Crippen LogP contribution is 2.54. The lowest BCUT2D eigenvalue weighted by Gasteiger charge is -2.38.